The van der Waals surface area contributed by atoms with Crippen LogP contribution in [0.4, 0.5) is 5.69 Å². The van der Waals surface area contributed by atoms with Crippen LogP contribution in [0, 0.1) is 0 Å². The highest BCUT2D eigenvalue weighted by Gasteiger charge is 2.22. The van der Waals surface area contributed by atoms with Gasteiger partial charge in [0.15, 0.2) is 0 Å². The number of hydrogen-bond donors (Lipinski definition) is 1. The number of aromatic hydroxyl groups is 1. The maximum atomic E-state index is 11.3. The van der Waals surface area contributed by atoms with Crippen LogP contribution >= 0.6 is 0 Å². The summed E-state index contributed by atoms with van der Waals surface area (Å²) in [4.78, 5) is 26.3. The lowest BCUT2D eigenvalue weighted by atomic mass is 10.3. The summed E-state index contributed by atoms with van der Waals surface area (Å²) in [5.41, 5.74) is -0.449. The second-order valence-corrected chi connectivity index (χ2v) is 2.93. The quantitative estimate of drug-likeness (QED) is 0.477. The lowest BCUT2D eigenvalue weighted by Gasteiger charge is -2.03. The Morgan fingerprint density at radius 2 is 1.65 bits per heavy atom. The number of carbonyl (C=O) groups excluding carboxylic acids is 2. The molecule has 1 aromatic rings. The first-order valence-electron chi connectivity index (χ1n) is 4.63. The fourth-order valence-corrected chi connectivity index (χ4v) is 1.05. The number of aliphatic imine (C=N–C) groups is 1. The number of nitrogens with zero attached hydrogens (tertiary/aromatic N) is 1. The van der Waals surface area contributed by atoms with Crippen LogP contribution in [0.1, 0.15) is 0 Å². The number of phenolic OH excluding ortho intramolecular Hbond substituents is 1. The molecule has 0 radical (unpaired) electrons. The number of methoxy groups -OCH3 is 2. The first-order chi connectivity index (χ1) is 8.10. The second kappa shape index (κ2) is 5.64. The third kappa shape index (κ3) is 3.04. The average molecular weight is 237 g/mol. The van der Waals surface area contributed by atoms with Crippen LogP contribution in [0.25, 0.3) is 0 Å². The molecular formula is C11H11NO5. The molecule has 6 heteroatoms. The Bertz CT molecular complexity index is 449. The third-order valence-corrected chi connectivity index (χ3v) is 1.87. The summed E-state index contributed by atoms with van der Waals surface area (Å²) in [7, 11) is 2.23. The van der Waals surface area contributed by atoms with E-state index in [-0.39, 0.29) is 11.4 Å². The van der Waals surface area contributed by atoms with Gasteiger partial charge in [0.2, 0.25) is 5.71 Å². The van der Waals surface area contributed by atoms with Crippen molar-refractivity contribution in [3.05, 3.63) is 24.3 Å². The number of phenols is 1. The summed E-state index contributed by atoms with van der Waals surface area (Å²) in [5, 5.41) is 9.46. The van der Waals surface area contributed by atoms with Crippen LogP contribution in [-0.2, 0) is 19.1 Å². The number of rotatable bonds is 3. The molecule has 0 fully saturated rings. The van der Waals surface area contributed by atoms with Gasteiger partial charge in [0.05, 0.1) is 14.2 Å². The Labute approximate surface area is 97.5 Å². The van der Waals surface area contributed by atoms with Crippen LogP contribution in [0.3, 0.4) is 0 Å². The zero-order chi connectivity index (χ0) is 12.8. The van der Waals surface area contributed by atoms with E-state index in [1.165, 1.54) is 12.1 Å². The SMILES string of the molecule is COC(=O)C(=Nc1ccccc1O)C(=O)OC. The predicted octanol–water partition coefficient (Wildman–Crippen LogP) is 0.811. The summed E-state index contributed by atoms with van der Waals surface area (Å²) in [6.45, 7) is 0. The summed E-state index contributed by atoms with van der Waals surface area (Å²) in [6.07, 6.45) is 0. The van der Waals surface area contributed by atoms with Crippen molar-refractivity contribution in [1.82, 2.24) is 0 Å². The summed E-state index contributed by atoms with van der Waals surface area (Å²) in [5.74, 6) is -2.02. The van der Waals surface area contributed by atoms with Crippen molar-refractivity contribution in [3.8, 4) is 5.75 Å². The Balaban J connectivity index is 3.19. The van der Waals surface area contributed by atoms with Crippen molar-refractivity contribution in [1.29, 1.82) is 0 Å². The highest BCUT2D eigenvalue weighted by atomic mass is 16.5. The van der Waals surface area contributed by atoms with Crippen LogP contribution < -0.4 is 0 Å². The van der Waals surface area contributed by atoms with Gasteiger partial charge in [0.1, 0.15) is 11.4 Å². The van der Waals surface area contributed by atoms with Crippen molar-refractivity contribution in [2.75, 3.05) is 14.2 Å². The van der Waals surface area contributed by atoms with E-state index in [0.29, 0.717) is 0 Å². The number of benzene rings is 1. The molecule has 0 amide bonds. The molecule has 0 aliphatic carbocycles. The van der Waals surface area contributed by atoms with E-state index in [9.17, 15) is 14.7 Å². The van der Waals surface area contributed by atoms with Gasteiger partial charge < -0.3 is 14.6 Å². The molecular weight excluding hydrogens is 226 g/mol. The molecule has 0 unspecified atom stereocenters. The first-order valence-corrected chi connectivity index (χ1v) is 4.63. The fourth-order valence-electron chi connectivity index (χ4n) is 1.05. The van der Waals surface area contributed by atoms with Gasteiger partial charge in [0.25, 0.3) is 0 Å². The smallest absolute Gasteiger partial charge is 0.364 e. The highest BCUT2D eigenvalue weighted by molar-refractivity contribution is 6.62. The summed E-state index contributed by atoms with van der Waals surface area (Å²) >= 11 is 0. The van der Waals surface area contributed by atoms with Gasteiger partial charge in [-0.15, -0.1) is 0 Å². The molecule has 0 spiro atoms. The Kier molecular flexibility index (Phi) is 4.21. The molecule has 0 heterocycles. The van der Waals surface area contributed by atoms with Crippen LogP contribution in [0.2, 0.25) is 0 Å². The van der Waals surface area contributed by atoms with Crippen molar-refractivity contribution in [2.45, 2.75) is 0 Å². The monoisotopic (exact) mass is 237 g/mol. The van der Waals surface area contributed by atoms with Gasteiger partial charge in [-0.2, -0.15) is 0 Å². The van der Waals surface area contributed by atoms with Gasteiger partial charge in [0, 0.05) is 0 Å². The topological polar surface area (TPSA) is 85.2 Å². The number of esters is 2. The second-order valence-electron chi connectivity index (χ2n) is 2.93. The number of ether oxygens (including phenoxy) is 2. The lowest BCUT2D eigenvalue weighted by Crippen LogP contribution is -2.26. The molecule has 1 aromatic carbocycles. The number of para-hydroxylation sites is 2. The molecule has 90 valence electrons. The largest absolute Gasteiger partial charge is 0.506 e. The Morgan fingerprint density at radius 1 is 1.12 bits per heavy atom. The minimum atomic E-state index is -0.930. The van der Waals surface area contributed by atoms with E-state index in [2.05, 4.69) is 14.5 Å². The molecule has 0 aliphatic heterocycles. The predicted molar refractivity (Wildman–Crippen MR) is 59.2 cm³/mol. The van der Waals surface area contributed by atoms with Crippen LogP contribution in [-0.4, -0.2) is 37.0 Å². The van der Waals surface area contributed by atoms with E-state index in [0.717, 1.165) is 14.2 Å². The highest BCUT2D eigenvalue weighted by Crippen LogP contribution is 2.25. The zero-order valence-corrected chi connectivity index (χ0v) is 9.34. The molecule has 0 saturated carbocycles. The van der Waals surface area contributed by atoms with E-state index in [4.69, 9.17) is 0 Å². The van der Waals surface area contributed by atoms with E-state index >= 15 is 0 Å². The zero-order valence-electron chi connectivity index (χ0n) is 9.34. The lowest BCUT2D eigenvalue weighted by molar-refractivity contribution is -0.138. The van der Waals surface area contributed by atoms with Crippen molar-refractivity contribution < 1.29 is 24.2 Å². The maximum absolute atomic E-state index is 11.3. The summed E-state index contributed by atoms with van der Waals surface area (Å²) in [6, 6.07) is 6.02. The Morgan fingerprint density at radius 3 is 2.12 bits per heavy atom. The molecule has 1 rings (SSSR count). The van der Waals surface area contributed by atoms with Crippen molar-refractivity contribution in [3.63, 3.8) is 0 Å². The molecule has 0 saturated heterocycles. The number of carbonyl (C=O) groups is 2. The van der Waals surface area contributed by atoms with Gasteiger partial charge in [-0.3, -0.25) is 0 Å². The normalized spacial score (nSPS) is 9.29. The van der Waals surface area contributed by atoms with Crippen LogP contribution in [0.5, 0.6) is 5.75 Å². The maximum Gasteiger partial charge on any atom is 0.364 e. The van der Waals surface area contributed by atoms with Crippen LogP contribution in [0.15, 0.2) is 29.3 Å². The minimum absolute atomic E-state index is 0.0818. The molecule has 0 bridgehead atoms. The van der Waals surface area contributed by atoms with E-state index in [1.54, 1.807) is 12.1 Å². The van der Waals surface area contributed by atoms with E-state index in [1.807, 2.05) is 0 Å². The fraction of sp³-hybridized carbons (Fsp3) is 0.182. The molecule has 6 nitrogen and oxygen atoms in total. The molecule has 17 heavy (non-hydrogen) atoms. The molecule has 0 atom stereocenters. The first kappa shape index (κ1) is 12.7. The number of hydrogen-bond acceptors (Lipinski definition) is 6. The van der Waals surface area contributed by atoms with Gasteiger partial charge >= 0.3 is 11.9 Å². The summed E-state index contributed by atoms with van der Waals surface area (Å²) < 4.78 is 8.79. The van der Waals surface area contributed by atoms with Gasteiger partial charge in [-0.25, -0.2) is 14.6 Å². The van der Waals surface area contributed by atoms with Gasteiger partial charge in [-0.1, -0.05) is 12.1 Å². The van der Waals surface area contributed by atoms with Crippen molar-refractivity contribution >= 4 is 23.3 Å². The van der Waals surface area contributed by atoms with Gasteiger partial charge in [-0.05, 0) is 12.1 Å². The molecule has 1 N–H and O–H groups in total. The third-order valence-electron chi connectivity index (χ3n) is 1.87. The Hall–Kier alpha value is -2.37. The van der Waals surface area contributed by atoms with Crippen molar-refractivity contribution in [2.24, 2.45) is 4.99 Å². The standard InChI is InChI=1S/C11H11NO5/c1-16-10(14)9(11(15)17-2)12-7-5-3-4-6-8(7)13/h3-6,13H,1-2H3. The molecule has 0 aromatic heterocycles. The average Bonchev–Trinajstić information content (AvgIpc) is 2.36. The minimum Gasteiger partial charge on any atom is -0.506 e. The molecule has 0 aliphatic rings. The van der Waals surface area contributed by atoms with E-state index < -0.39 is 17.7 Å².